The van der Waals surface area contributed by atoms with E-state index < -0.39 is 0 Å². The lowest BCUT2D eigenvalue weighted by Gasteiger charge is -2.24. The molecule has 0 atom stereocenters. The summed E-state index contributed by atoms with van der Waals surface area (Å²) in [6.45, 7) is 4.29. The number of nitrogens with zero attached hydrogens (tertiary/aromatic N) is 4. The fourth-order valence-electron chi connectivity index (χ4n) is 5.17. The van der Waals surface area contributed by atoms with E-state index in [1.165, 1.54) is 70.6 Å². The van der Waals surface area contributed by atoms with Gasteiger partial charge in [0, 0.05) is 46.8 Å². The lowest BCUT2D eigenvalue weighted by molar-refractivity contribution is 0.409. The minimum atomic E-state index is 0.263. The monoisotopic (exact) mass is 457 g/mol. The third kappa shape index (κ3) is 4.93. The molecule has 0 amide bonds. The smallest absolute Gasteiger partial charge is 0.221 e. The molecule has 0 aliphatic heterocycles. The Labute approximate surface area is 200 Å². The molecule has 0 aromatic carbocycles. The largest absolute Gasteiger partial charge is 0.382 e. The highest BCUT2D eigenvalue weighted by Gasteiger charge is 2.17. The van der Waals surface area contributed by atoms with Crippen molar-refractivity contribution in [3.05, 3.63) is 49.1 Å². The Morgan fingerprint density at radius 1 is 1.03 bits per heavy atom. The summed E-state index contributed by atoms with van der Waals surface area (Å²) in [4.78, 5) is 11.6. The van der Waals surface area contributed by atoms with Gasteiger partial charge in [0.2, 0.25) is 5.95 Å². The Balaban J connectivity index is 0.000000351. The van der Waals surface area contributed by atoms with Gasteiger partial charge >= 0.3 is 0 Å². The van der Waals surface area contributed by atoms with E-state index in [-0.39, 0.29) is 5.95 Å². The van der Waals surface area contributed by atoms with E-state index in [2.05, 4.69) is 38.0 Å². The summed E-state index contributed by atoms with van der Waals surface area (Å²) in [5, 5.41) is 9.05. The summed E-state index contributed by atoms with van der Waals surface area (Å²) < 4.78 is 1.88. The van der Waals surface area contributed by atoms with Crippen molar-refractivity contribution in [2.45, 2.75) is 76.7 Å². The van der Waals surface area contributed by atoms with Crippen LogP contribution in [-0.4, -0.2) is 30.6 Å². The number of rotatable bonds is 4. The average Bonchev–Trinajstić information content (AvgIpc) is 3.49. The first-order chi connectivity index (χ1) is 16.7. The molecule has 0 bridgehead atoms. The molecule has 4 N–H and O–H groups in total. The molecule has 0 radical (unpaired) electrons. The lowest BCUT2D eigenvalue weighted by atomic mass is 9.95. The molecule has 4 aromatic heterocycles. The van der Waals surface area contributed by atoms with Crippen molar-refractivity contribution in [2.24, 2.45) is 0 Å². The van der Waals surface area contributed by atoms with Crippen molar-refractivity contribution < 1.29 is 0 Å². The summed E-state index contributed by atoms with van der Waals surface area (Å²) in [6, 6.07) is 4.69. The lowest BCUT2D eigenvalue weighted by Crippen LogP contribution is -2.29. The second-order valence-electron chi connectivity index (χ2n) is 9.58. The quantitative estimate of drug-likeness (QED) is 0.345. The molecular formula is C27H35N7. The number of hydrogen-bond donors (Lipinski definition) is 3. The van der Waals surface area contributed by atoms with Crippen molar-refractivity contribution in [1.29, 1.82) is 0 Å². The molecular weight excluding hydrogens is 422 g/mol. The minimum Gasteiger partial charge on any atom is -0.382 e. The number of aromatic nitrogens is 5. The minimum absolute atomic E-state index is 0.263. The molecule has 2 saturated carbocycles. The number of fused-ring (bicyclic) bond motifs is 2. The molecule has 0 unspecified atom stereocenters. The zero-order chi connectivity index (χ0) is 23.3. The van der Waals surface area contributed by atoms with Crippen LogP contribution in [-0.2, 0) is 0 Å². The van der Waals surface area contributed by atoms with Crippen LogP contribution in [0.15, 0.2) is 43.5 Å². The summed E-state index contributed by atoms with van der Waals surface area (Å²) in [5.41, 5.74) is 11.5. The van der Waals surface area contributed by atoms with E-state index in [0.29, 0.717) is 6.04 Å². The summed E-state index contributed by atoms with van der Waals surface area (Å²) >= 11 is 0. The predicted octanol–water partition coefficient (Wildman–Crippen LogP) is 6.09. The number of anilines is 1. The van der Waals surface area contributed by atoms with E-state index in [0.717, 1.165) is 38.9 Å². The Hall–Kier alpha value is -3.35. The number of nitrogens with one attached hydrogen (secondary N) is 2. The van der Waals surface area contributed by atoms with Crippen LogP contribution in [0.25, 0.3) is 33.4 Å². The van der Waals surface area contributed by atoms with Crippen LogP contribution < -0.4 is 11.1 Å². The normalized spacial score (nSPS) is 16.8. The second kappa shape index (κ2) is 10.3. The molecule has 2 fully saturated rings. The van der Waals surface area contributed by atoms with Gasteiger partial charge in [0.15, 0.2) is 0 Å². The Morgan fingerprint density at radius 2 is 1.74 bits per heavy atom. The van der Waals surface area contributed by atoms with Gasteiger partial charge in [-0.3, -0.25) is 0 Å². The summed E-state index contributed by atoms with van der Waals surface area (Å²) in [6.07, 6.45) is 22.9. The molecule has 0 saturated heterocycles. The fourth-order valence-corrected chi connectivity index (χ4v) is 5.17. The first kappa shape index (κ1) is 22.4. The molecule has 178 valence electrons. The maximum atomic E-state index is 5.69. The van der Waals surface area contributed by atoms with Crippen LogP contribution in [0.2, 0.25) is 0 Å². The topological polar surface area (TPSA) is 96.9 Å². The molecule has 4 aromatic rings. The second-order valence-corrected chi connectivity index (χ2v) is 9.58. The first-order valence-electron chi connectivity index (χ1n) is 12.7. The maximum absolute atomic E-state index is 5.69. The number of H-pyrrole nitrogens is 1. The zero-order valence-electron chi connectivity index (χ0n) is 19.9. The number of nitrogens with two attached hydrogens (primary N) is 1. The van der Waals surface area contributed by atoms with E-state index in [1.807, 2.05) is 29.2 Å². The van der Waals surface area contributed by atoms with Gasteiger partial charge in [-0.25, -0.2) is 9.50 Å². The molecule has 2 aliphatic rings. The van der Waals surface area contributed by atoms with Gasteiger partial charge in [-0.2, -0.15) is 10.1 Å². The zero-order valence-corrected chi connectivity index (χ0v) is 19.9. The molecule has 2 aliphatic carbocycles. The van der Waals surface area contributed by atoms with Crippen LogP contribution >= 0.6 is 0 Å². The van der Waals surface area contributed by atoms with Gasteiger partial charge in [-0.05, 0) is 30.5 Å². The SMILES string of the molecule is C1CCCCC1.C=C(NC1CCCCC1)c1cnn2ccc(-c3c[nH]c4nc(N)ncc34)cc12. The highest BCUT2D eigenvalue weighted by molar-refractivity contribution is 5.94. The van der Waals surface area contributed by atoms with E-state index in [1.54, 1.807) is 6.20 Å². The molecule has 6 rings (SSSR count). The van der Waals surface area contributed by atoms with Crippen LogP contribution in [0, 0.1) is 0 Å². The molecule has 0 spiro atoms. The van der Waals surface area contributed by atoms with Gasteiger partial charge < -0.3 is 16.0 Å². The van der Waals surface area contributed by atoms with Gasteiger partial charge in [-0.1, -0.05) is 64.4 Å². The molecule has 7 heteroatoms. The van der Waals surface area contributed by atoms with Crippen molar-refractivity contribution in [1.82, 2.24) is 29.9 Å². The fraction of sp³-hybridized carbons (Fsp3) is 0.444. The Morgan fingerprint density at radius 3 is 2.47 bits per heavy atom. The summed E-state index contributed by atoms with van der Waals surface area (Å²) in [5.74, 6) is 0.263. The third-order valence-corrected chi connectivity index (χ3v) is 7.09. The van der Waals surface area contributed by atoms with Gasteiger partial charge in [0.05, 0.1) is 11.7 Å². The van der Waals surface area contributed by atoms with E-state index >= 15 is 0 Å². The predicted molar refractivity (Wildman–Crippen MR) is 139 cm³/mol. The third-order valence-electron chi connectivity index (χ3n) is 7.09. The van der Waals surface area contributed by atoms with Crippen molar-refractivity contribution in [2.75, 3.05) is 5.73 Å². The Kier molecular flexibility index (Phi) is 6.79. The van der Waals surface area contributed by atoms with Gasteiger partial charge in [0.25, 0.3) is 0 Å². The number of hydrogen-bond acceptors (Lipinski definition) is 5. The van der Waals surface area contributed by atoms with Gasteiger partial charge in [0.1, 0.15) is 5.65 Å². The van der Waals surface area contributed by atoms with Crippen LogP contribution in [0.4, 0.5) is 5.95 Å². The first-order valence-corrected chi connectivity index (χ1v) is 12.7. The number of aromatic amines is 1. The van der Waals surface area contributed by atoms with Crippen LogP contribution in [0.1, 0.15) is 76.2 Å². The maximum Gasteiger partial charge on any atom is 0.221 e. The van der Waals surface area contributed by atoms with Crippen LogP contribution in [0.5, 0.6) is 0 Å². The van der Waals surface area contributed by atoms with Crippen molar-refractivity contribution >= 4 is 28.2 Å². The Bertz CT molecular complexity index is 1250. The number of nitrogen functional groups attached to an aromatic ring is 1. The highest BCUT2D eigenvalue weighted by Crippen LogP contribution is 2.30. The van der Waals surface area contributed by atoms with Crippen LogP contribution in [0.3, 0.4) is 0 Å². The van der Waals surface area contributed by atoms with Gasteiger partial charge in [-0.15, -0.1) is 0 Å². The average molecular weight is 458 g/mol. The standard InChI is InChI=1S/C21H23N7.C6H12/c1-13(26-15-5-3-2-4-6-15)16-12-25-28-8-7-14(9-19(16)28)17-10-23-20-18(17)11-24-21(22)27-20;1-2-4-6-5-3-1/h7-12,15,26H,1-6H2,(H3,22,23,24,27);1-6H2. The van der Waals surface area contributed by atoms with Crippen molar-refractivity contribution in [3.63, 3.8) is 0 Å². The highest BCUT2D eigenvalue weighted by atomic mass is 15.2. The molecule has 34 heavy (non-hydrogen) atoms. The molecule has 4 heterocycles. The molecule has 7 nitrogen and oxygen atoms in total. The van der Waals surface area contributed by atoms with E-state index in [4.69, 9.17) is 5.73 Å². The number of pyridine rings is 1. The van der Waals surface area contributed by atoms with Crippen molar-refractivity contribution in [3.8, 4) is 11.1 Å². The summed E-state index contributed by atoms with van der Waals surface area (Å²) in [7, 11) is 0. The van der Waals surface area contributed by atoms with E-state index in [9.17, 15) is 0 Å².